The molecule has 0 spiro atoms. The van der Waals surface area contributed by atoms with Crippen molar-refractivity contribution in [2.24, 2.45) is 5.92 Å². The summed E-state index contributed by atoms with van der Waals surface area (Å²) in [5.41, 5.74) is 2.44. The van der Waals surface area contributed by atoms with Gasteiger partial charge in [0.15, 0.2) is 17.9 Å². The number of rotatable bonds is 7. The van der Waals surface area contributed by atoms with Crippen LogP contribution >= 0.6 is 0 Å². The minimum atomic E-state index is -1.01. The van der Waals surface area contributed by atoms with Crippen LogP contribution in [0.5, 0.6) is 5.75 Å². The average molecular weight is 457 g/mol. The molecule has 0 aliphatic carbocycles. The van der Waals surface area contributed by atoms with Gasteiger partial charge in [-0.1, -0.05) is 49.7 Å². The van der Waals surface area contributed by atoms with Crippen LogP contribution in [-0.2, 0) is 9.47 Å². The van der Waals surface area contributed by atoms with Crippen molar-refractivity contribution >= 4 is 0 Å². The second-order valence-electron chi connectivity index (χ2n) is 8.14. The van der Waals surface area contributed by atoms with Crippen molar-refractivity contribution in [2.45, 2.75) is 33.0 Å². The zero-order valence-corrected chi connectivity index (χ0v) is 18.7. The highest BCUT2D eigenvalue weighted by atomic mass is 19.2. The minimum absolute atomic E-state index is 0.113. The SMILES string of the molecule is CCCC1COC(c2ccc(-c3ccc(-c4ccc(OCC)c(F)c4F)cc3)cc2F)OC1. The highest BCUT2D eigenvalue weighted by Crippen LogP contribution is 2.33. The van der Waals surface area contributed by atoms with Crippen LogP contribution in [0.25, 0.3) is 22.3 Å². The third-order valence-electron chi connectivity index (χ3n) is 5.79. The van der Waals surface area contributed by atoms with Gasteiger partial charge in [-0.15, -0.1) is 0 Å². The van der Waals surface area contributed by atoms with Gasteiger partial charge in [-0.3, -0.25) is 0 Å². The Kier molecular flexibility index (Phi) is 7.36. The summed E-state index contributed by atoms with van der Waals surface area (Å²) in [6, 6.07) is 14.7. The number of hydrogen-bond acceptors (Lipinski definition) is 3. The van der Waals surface area contributed by atoms with Crippen LogP contribution < -0.4 is 4.74 Å². The molecule has 0 saturated carbocycles. The summed E-state index contributed by atoms with van der Waals surface area (Å²) in [5, 5.41) is 0. The van der Waals surface area contributed by atoms with Gasteiger partial charge in [-0.05, 0) is 48.2 Å². The Morgan fingerprint density at radius 3 is 2.12 bits per heavy atom. The summed E-state index contributed by atoms with van der Waals surface area (Å²) < 4.78 is 60.1. The lowest BCUT2D eigenvalue weighted by molar-refractivity contribution is -0.207. The summed E-state index contributed by atoms with van der Waals surface area (Å²) in [4.78, 5) is 0. The van der Waals surface area contributed by atoms with E-state index in [1.165, 1.54) is 18.2 Å². The van der Waals surface area contributed by atoms with Gasteiger partial charge in [0.1, 0.15) is 5.82 Å². The molecule has 1 heterocycles. The van der Waals surface area contributed by atoms with Gasteiger partial charge in [0.25, 0.3) is 0 Å². The van der Waals surface area contributed by atoms with Gasteiger partial charge in [0.2, 0.25) is 5.82 Å². The van der Waals surface area contributed by atoms with E-state index in [0.29, 0.717) is 35.8 Å². The first kappa shape index (κ1) is 23.3. The first-order valence-corrected chi connectivity index (χ1v) is 11.3. The Hall–Kier alpha value is -2.83. The normalized spacial score (nSPS) is 18.3. The standard InChI is InChI=1S/C27H27F3O3/c1-3-5-17-15-32-27(33-16-17)22-11-10-20(14-23(22)28)18-6-8-19(9-7-18)21-12-13-24(31-4-2)26(30)25(21)29/h6-14,17,27H,3-5,15-16H2,1-2H3. The predicted octanol–water partition coefficient (Wildman–Crippen LogP) is 7.30. The lowest BCUT2D eigenvalue weighted by Crippen LogP contribution is -2.27. The van der Waals surface area contributed by atoms with E-state index in [2.05, 4.69) is 6.92 Å². The summed E-state index contributed by atoms with van der Waals surface area (Å²) in [6.07, 6.45) is 1.38. The van der Waals surface area contributed by atoms with Crippen LogP contribution in [0, 0.1) is 23.4 Å². The summed E-state index contributed by atoms with van der Waals surface area (Å²) in [6.45, 7) is 5.19. The van der Waals surface area contributed by atoms with Crippen molar-refractivity contribution in [3.8, 4) is 28.0 Å². The topological polar surface area (TPSA) is 27.7 Å². The van der Waals surface area contributed by atoms with Crippen molar-refractivity contribution in [2.75, 3.05) is 19.8 Å². The number of halogens is 3. The van der Waals surface area contributed by atoms with Crippen LogP contribution in [0.3, 0.4) is 0 Å². The molecule has 0 N–H and O–H groups in total. The van der Waals surface area contributed by atoms with Crippen LogP contribution in [0.2, 0.25) is 0 Å². The Morgan fingerprint density at radius 2 is 1.48 bits per heavy atom. The number of hydrogen-bond donors (Lipinski definition) is 0. The Morgan fingerprint density at radius 1 is 0.818 bits per heavy atom. The largest absolute Gasteiger partial charge is 0.491 e. The molecule has 0 unspecified atom stereocenters. The molecule has 0 radical (unpaired) electrons. The van der Waals surface area contributed by atoms with Gasteiger partial charge < -0.3 is 14.2 Å². The molecule has 1 saturated heterocycles. The van der Waals surface area contributed by atoms with Crippen molar-refractivity contribution < 1.29 is 27.4 Å². The Bertz CT molecular complexity index is 1090. The summed E-state index contributed by atoms with van der Waals surface area (Å²) in [5.74, 6) is -2.14. The smallest absolute Gasteiger partial charge is 0.201 e. The molecule has 6 heteroatoms. The predicted molar refractivity (Wildman–Crippen MR) is 121 cm³/mol. The highest BCUT2D eigenvalue weighted by Gasteiger charge is 2.25. The fourth-order valence-corrected chi connectivity index (χ4v) is 4.06. The molecule has 0 amide bonds. The molecule has 1 fully saturated rings. The van der Waals surface area contributed by atoms with Gasteiger partial charge in [0.05, 0.1) is 19.8 Å². The molecule has 3 nitrogen and oxygen atoms in total. The maximum Gasteiger partial charge on any atom is 0.201 e. The minimum Gasteiger partial charge on any atom is -0.491 e. The first-order valence-electron chi connectivity index (χ1n) is 11.3. The highest BCUT2D eigenvalue weighted by molar-refractivity contribution is 5.71. The van der Waals surface area contributed by atoms with Crippen molar-refractivity contribution in [1.82, 2.24) is 0 Å². The average Bonchev–Trinajstić information content (AvgIpc) is 2.83. The fourth-order valence-electron chi connectivity index (χ4n) is 4.06. The molecule has 0 atom stereocenters. The fraction of sp³-hybridized carbons (Fsp3) is 0.333. The van der Waals surface area contributed by atoms with E-state index in [1.54, 1.807) is 43.3 Å². The third-order valence-corrected chi connectivity index (χ3v) is 5.79. The van der Waals surface area contributed by atoms with E-state index in [9.17, 15) is 13.2 Å². The molecule has 0 bridgehead atoms. The molecule has 174 valence electrons. The quantitative estimate of drug-likeness (QED) is 0.373. The van der Waals surface area contributed by atoms with Crippen LogP contribution in [0.15, 0.2) is 54.6 Å². The molecular weight excluding hydrogens is 429 g/mol. The molecule has 33 heavy (non-hydrogen) atoms. The molecule has 1 aliphatic rings. The van der Waals surface area contributed by atoms with E-state index in [1.807, 2.05) is 0 Å². The molecule has 3 aromatic rings. The molecule has 1 aliphatic heterocycles. The van der Waals surface area contributed by atoms with E-state index >= 15 is 0 Å². The summed E-state index contributed by atoms with van der Waals surface area (Å²) >= 11 is 0. The molecular formula is C27H27F3O3. The molecule has 4 rings (SSSR count). The maximum absolute atomic E-state index is 14.8. The van der Waals surface area contributed by atoms with E-state index < -0.39 is 23.7 Å². The van der Waals surface area contributed by atoms with Gasteiger partial charge >= 0.3 is 0 Å². The lowest BCUT2D eigenvalue weighted by Gasteiger charge is -2.29. The van der Waals surface area contributed by atoms with Gasteiger partial charge in [-0.2, -0.15) is 4.39 Å². The third kappa shape index (κ3) is 5.07. The van der Waals surface area contributed by atoms with E-state index in [-0.39, 0.29) is 17.9 Å². The second-order valence-corrected chi connectivity index (χ2v) is 8.14. The van der Waals surface area contributed by atoms with Gasteiger partial charge in [-0.25, -0.2) is 8.78 Å². The van der Waals surface area contributed by atoms with Crippen molar-refractivity contribution in [1.29, 1.82) is 0 Å². The first-order chi connectivity index (χ1) is 16.0. The Balaban J connectivity index is 1.51. The van der Waals surface area contributed by atoms with Crippen LogP contribution in [-0.4, -0.2) is 19.8 Å². The van der Waals surface area contributed by atoms with Crippen molar-refractivity contribution in [3.05, 3.63) is 77.6 Å². The monoisotopic (exact) mass is 456 g/mol. The summed E-state index contributed by atoms with van der Waals surface area (Å²) in [7, 11) is 0. The zero-order chi connectivity index (χ0) is 23.4. The van der Waals surface area contributed by atoms with E-state index in [0.717, 1.165) is 18.4 Å². The molecule has 3 aromatic carbocycles. The molecule has 0 aromatic heterocycles. The number of ether oxygens (including phenoxy) is 3. The van der Waals surface area contributed by atoms with Crippen LogP contribution in [0.4, 0.5) is 13.2 Å². The second kappa shape index (κ2) is 10.4. The zero-order valence-electron chi connectivity index (χ0n) is 18.7. The van der Waals surface area contributed by atoms with E-state index in [4.69, 9.17) is 14.2 Å². The number of benzene rings is 3. The van der Waals surface area contributed by atoms with Crippen molar-refractivity contribution in [3.63, 3.8) is 0 Å². The lowest BCUT2D eigenvalue weighted by atomic mass is 9.98. The van der Waals surface area contributed by atoms with Crippen LogP contribution in [0.1, 0.15) is 38.5 Å². The van der Waals surface area contributed by atoms with Gasteiger partial charge in [0, 0.05) is 17.0 Å². The maximum atomic E-state index is 14.8. The Labute approximate surface area is 192 Å².